The first kappa shape index (κ1) is 28.4. The molecule has 0 aliphatic rings. The van der Waals surface area contributed by atoms with Crippen molar-refractivity contribution in [1.29, 1.82) is 0 Å². The second-order valence-electron chi connectivity index (χ2n) is 13.3. The van der Waals surface area contributed by atoms with Crippen LogP contribution < -0.4 is 4.90 Å². The van der Waals surface area contributed by atoms with Gasteiger partial charge in [-0.25, -0.2) is 0 Å². The summed E-state index contributed by atoms with van der Waals surface area (Å²) in [5.74, 6) is 0. The van der Waals surface area contributed by atoms with E-state index in [0.717, 1.165) is 39.0 Å². The lowest BCUT2D eigenvalue weighted by Crippen LogP contribution is -2.09. The van der Waals surface area contributed by atoms with E-state index in [0.29, 0.717) is 0 Å². The van der Waals surface area contributed by atoms with Gasteiger partial charge in [-0.1, -0.05) is 109 Å². The topological polar surface area (TPSA) is 16.4 Å². The zero-order chi connectivity index (χ0) is 33.5. The highest BCUT2D eigenvalue weighted by molar-refractivity contribution is 7.25. The fourth-order valence-electron chi connectivity index (χ4n) is 7.97. The average Bonchev–Trinajstić information content (AvgIpc) is 3.75. The van der Waals surface area contributed by atoms with Crippen molar-refractivity contribution in [2.75, 3.05) is 4.90 Å². The number of rotatable bonds is 4. The summed E-state index contributed by atoms with van der Waals surface area (Å²) in [6.45, 7) is 0. The van der Waals surface area contributed by atoms with Crippen LogP contribution in [0.5, 0.6) is 0 Å². The number of fused-ring (bicyclic) bond motifs is 11. The highest BCUT2D eigenvalue weighted by Gasteiger charge is 2.17. The molecule has 0 unspecified atom stereocenters. The summed E-state index contributed by atoms with van der Waals surface area (Å²) in [6.07, 6.45) is 0. The Labute approximate surface area is 298 Å². The van der Waals surface area contributed by atoms with Crippen LogP contribution in [0.3, 0.4) is 0 Å². The molecule has 11 aromatic rings. The number of para-hydroxylation sites is 1. The quantitative estimate of drug-likeness (QED) is 0.174. The molecule has 0 saturated heterocycles. The molecule has 0 saturated carbocycles. The lowest BCUT2D eigenvalue weighted by atomic mass is 9.94. The number of anilines is 3. The molecule has 51 heavy (non-hydrogen) atoms. The van der Waals surface area contributed by atoms with Crippen LogP contribution in [0, 0.1) is 0 Å². The third kappa shape index (κ3) is 4.49. The maximum Gasteiger partial charge on any atom is 0.137 e. The molecular formula is C48H29NOS. The number of hydrogen-bond acceptors (Lipinski definition) is 3. The van der Waals surface area contributed by atoms with E-state index >= 15 is 0 Å². The second-order valence-corrected chi connectivity index (χ2v) is 14.4. The van der Waals surface area contributed by atoms with Gasteiger partial charge in [0.2, 0.25) is 0 Å². The van der Waals surface area contributed by atoms with Gasteiger partial charge in [0.15, 0.2) is 0 Å². The fraction of sp³-hybridized carbons (Fsp3) is 0. The van der Waals surface area contributed by atoms with E-state index in [1.54, 1.807) is 0 Å². The largest absolute Gasteiger partial charge is 0.456 e. The summed E-state index contributed by atoms with van der Waals surface area (Å²) in [5, 5.41) is 12.5. The lowest BCUT2D eigenvalue weighted by molar-refractivity contribution is 0.669. The van der Waals surface area contributed by atoms with Crippen LogP contribution in [0.2, 0.25) is 0 Å². The van der Waals surface area contributed by atoms with Crippen LogP contribution in [-0.4, -0.2) is 0 Å². The van der Waals surface area contributed by atoms with Crippen molar-refractivity contribution in [1.82, 2.24) is 0 Å². The first-order chi connectivity index (χ1) is 25.2. The number of hydrogen-bond donors (Lipinski definition) is 0. The molecule has 0 aliphatic heterocycles. The minimum Gasteiger partial charge on any atom is -0.456 e. The van der Waals surface area contributed by atoms with Crippen molar-refractivity contribution < 1.29 is 4.42 Å². The van der Waals surface area contributed by atoms with Gasteiger partial charge < -0.3 is 9.32 Å². The van der Waals surface area contributed by atoms with E-state index in [4.69, 9.17) is 4.42 Å². The molecule has 0 amide bonds. The first-order valence-electron chi connectivity index (χ1n) is 17.3. The van der Waals surface area contributed by atoms with Crippen LogP contribution in [0.15, 0.2) is 180 Å². The van der Waals surface area contributed by atoms with E-state index in [1.807, 2.05) is 23.5 Å². The molecule has 0 atom stereocenters. The van der Waals surface area contributed by atoms with Gasteiger partial charge in [0.1, 0.15) is 11.2 Å². The molecule has 0 radical (unpaired) electrons. The van der Waals surface area contributed by atoms with Gasteiger partial charge in [0.25, 0.3) is 0 Å². The molecule has 0 aliphatic carbocycles. The Morgan fingerprint density at radius 1 is 0.353 bits per heavy atom. The van der Waals surface area contributed by atoms with Crippen molar-refractivity contribution in [2.24, 2.45) is 0 Å². The highest BCUT2D eigenvalue weighted by atomic mass is 32.1. The van der Waals surface area contributed by atoms with Crippen molar-refractivity contribution in [3.63, 3.8) is 0 Å². The zero-order valence-electron chi connectivity index (χ0n) is 27.5. The molecule has 11 rings (SSSR count). The fourth-order valence-corrected chi connectivity index (χ4v) is 9.06. The molecule has 9 aromatic carbocycles. The Morgan fingerprint density at radius 2 is 0.961 bits per heavy atom. The van der Waals surface area contributed by atoms with E-state index in [-0.39, 0.29) is 0 Å². The van der Waals surface area contributed by atoms with Crippen LogP contribution in [0.25, 0.3) is 85.6 Å². The van der Waals surface area contributed by atoms with Crippen molar-refractivity contribution >= 4 is 103 Å². The minimum atomic E-state index is 0.883. The minimum absolute atomic E-state index is 0.883. The van der Waals surface area contributed by atoms with E-state index in [1.165, 1.54) is 63.6 Å². The Hall–Kier alpha value is -6.42. The Kier molecular flexibility index (Phi) is 6.16. The maximum absolute atomic E-state index is 6.37. The third-order valence-corrected chi connectivity index (χ3v) is 11.6. The molecular weight excluding hydrogens is 639 g/mol. The Bertz CT molecular complexity index is 3150. The van der Waals surface area contributed by atoms with Gasteiger partial charge >= 0.3 is 0 Å². The first-order valence-corrected chi connectivity index (χ1v) is 18.1. The molecule has 2 nitrogen and oxygen atoms in total. The molecule has 0 bridgehead atoms. The zero-order valence-corrected chi connectivity index (χ0v) is 28.3. The van der Waals surface area contributed by atoms with Gasteiger partial charge in [0.05, 0.1) is 0 Å². The van der Waals surface area contributed by atoms with Crippen molar-refractivity contribution in [3.05, 3.63) is 176 Å². The monoisotopic (exact) mass is 667 g/mol. The molecule has 0 fully saturated rings. The summed E-state index contributed by atoms with van der Waals surface area (Å²) in [4.78, 5) is 2.35. The van der Waals surface area contributed by atoms with Gasteiger partial charge in [-0.15, -0.1) is 11.3 Å². The van der Waals surface area contributed by atoms with Gasteiger partial charge in [0, 0.05) is 54.1 Å². The summed E-state index contributed by atoms with van der Waals surface area (Å²) in [6, 6.07) is 63.9. The maximum atomic E-state index is 6.37. The standard InChI is InChI=1S/C48H29NOS/c1-2-8-38-31(7-1)13-14-32-15-16-34-27-33(19-24-39(34)48(32)38)30-17-20-35(21-18-30)49(36-23-26-47-43(28-36)42-10-4-6-12-46(42)51-47)37-22-25-41-40-9-3-5-11-44(40)50-45(41)29-37/h1-29H. The molecule has 0 N–H and O–H groups in total. The number of thiophene rings is 1. The summed E-state index contributed by atoms with van der Waals surface area (Å²) in [7, 11) is 0. The number of furan rings is 1. The van der Waals surface area contributed by atoms with Crippen LogP contribution in [-0.2, 0) is 0 Å². The smallest absolute Gasteiger partial charge is 0.137 e. The SMILES string of the molecule is c1ccc2c(c1)ccc1ccc3cc(-c4ccc(N(c5ccc6c(c5)oc5ccccc56)c5ccc6sc7ccccc7c6c5)cc4)ccc3c12. The summed E-state index contributed by atoms with van der Waals surface area (Å²) in [5.41, 5.74) is 7.43. The van der Waals surface area contributed by atoms with Gasteiger partial charge in [-0.05, 0) is 104 Å². The summed E-state index contributed by atoms with van der Waals surface area (Å²) >= 11 is 1.85. The predicted octanol–water partition coefficient (Wildman–Crippen LogP) is 14.6. The van der Waals surface area contributed by atoms with Crippen molar-refractivity contribution in [3.8, 4) is 11.1 Å². The van der Waals surface area contributed by atoms with Crippen LogP contribution in [0.1, 0.15) is 0 Å². The van der Waals surface area contributed by atoms with Crippen LogP contribution >= 0.6 is 11.3 Å². The molecule has 3 heteroatoms. The normalized spacial score (nSPS) is 11.9. The second kappa shape index (κ2) is 11.0. The van der Waals surface area contributed by atoms with E-state index < -0.39 is 0 Å². The molecule has 2 heterocycles. The van der Waals surface area contributed by atoms with E-state index in [9.17, 15) is 0 Å². The Morgan fingerprint density at radius 3 is 1.86 bits per heavy atom. The van der Waals surface area contributed by atoms with Gasteiger partial charge in [-0.3, -0.25) is 0 Å². The molecule has 0 spiro atoms. The van der Waals surface area contributed by atoms with Gasteiger partial charge in [-0.2, -0.15) is 0 Å². The molecule has 238 valence electrons. The lowest BCUT2D eigenvalue weighted by Gasteiger charge is -2.26. The van der Waals surface area contributed by atoms with Crippen LogP contribution in [0.4, 0.5) is 17.1 Å². The predicted molar refractivity (Wildman–Crippen MR) is 219 cm³/mol. The Balaban J connectivity index is 1.04. The van der Waals surface area contributed by atoms with E-state index in [2.05, 4.69) is 169 Å². The highest BCUT2D eigenvalue weighted by Crippen LogP contribution is 2.43. The third-order valence-electron chi connectivity index (χ3n) is 10.4. The number of nitrogens with zero attached hydrogens (tertiary/aromatic N) is 1. The van der Waals surface area contributed by atoms with Crippen molar-refractivity contribution in [2.45, 2.75) is 0 Å². The number of benzene rings is 9. The summed E-state index contributed by atoms with van der Waals surface area (Å²) < 4.78 is 8.97. The molecule has 2 aromatic heterocycles. The average molecular weight is 668 g/mol.